The number of carbonyl (C=O) groups is 7. The van der Waals surface area contributed by atoms with E-state index in [1.165, 1.54) is 6.92 Å². The Morgan fingerprint density at radius 1 is 0.511 bits per heavy atom. The lowest BCUT2D eigenvalue weighted by atomic mass is 9.77. The molecule has 0 saturated heterocycles. The van der Waals surface area contributed by atoms with Crippen LogP contribution in [0.15, 0.2) is 195 Å². The lowest BCUT2D eigenvalue weighted by Crippen LogP contribution is -2.59. The number of ether oxygens (including phenoxy) is 3. The highest BCUT2D eigenvalue weighted by Gasteiger charge is 2.41. The minimum atomic E-state index is -1.57. The van der Waals surface area contributed by atoms with Gasteiger partial charge in [-0.15, -0.1) is 0 Å². The van der Waals surface area contributed by atoms with Crippen molar-refractivity contribution in [1.29, 1.82) is 0 Å². The topological polar surface area (TPSA) is 257 Å². The van der Waals surface area contributed by atoms with Gasteiger partial charge in [-0.1, -0.05) is 182 Å². The quantitative estimate of drug-likeness (QED) is 0.0239. The average Bonchev–Trinajstić information content (AvgIpc) is 1.17. The van der Waals surface area contributed by atoms with Crippen molar-refractivity contribution in [3.8, 4) is 0 Å². The summed E-state index contributed by atoms with van der Waals surface area (Å²) < 4.78 is 19.6. The van der Waals surface area contributed by atoms with Gasteiger partial charge in [-0.05, 0) is 109 Å². The largest absolute Gasteiger partial charge is 0.480 e. The van der Waals surface area contributed by atoms with Crippen LogP contribution in [0.3, 0.4) is 0 Å². The molecule has 0 fully saturated rings. The molecule has 0 unspecified atom stereocenters. The van der Waals surface area contributed by atoms with Crippen molar-refractivity contribution in [3.63, 3.8) is 0 Å². The van der Waals surface area contributed by atoms with Crippen molar-refractivity contribution in [2.45, 2.75) is 147 Å². The van der Waals surface area contributed by atoms with Crippen molar-refractivity contribution in [1.82, 2.24) is 41.5 Å². The maximum Gasteiger partial charge on any atom is 0.408 e. The third-order valence-corrected chi connectivity index (χ3v) is 14.6. The molecule has 0 radical (unpaired) electrons. The van der Waals surface area contributed by atoms with Gasteiger partial charge in [0.1, 0.15) is 34.8 Å². The number of carboxylic acids is 1. The van der Waals surface area contributed by atoms with Crippen LogP contribution in [0, 0.1) is 0 Å². The van der Waals surface area contributed by atoms with E-state index in [-0.39, 0.29) is 19.3 Å². The molecular weight excluding hydrogens is 1140 g/mol. The molecule has 7 rings (SSSR count). The lowest BCUT2D eigenvalue weighted by molar-refractivity contribution is -0.150. The first-order chi connectivity index (χ1) is 42.7. The Balaban J connectivity index is 1.22. The van der Waals surface area contributed by atoms with Crippen molar-refractivity contribution < 1.29 is 52.9 Å². The number of nitrogens with one attached hydrogen (secondary N) is 6. The number of amides is 6. The first-order valence-corrected chi connectivity index (χ1v) is 30.1. The number of aliphatic carboxylic acids is 1. The summed E-state index contributed by atoms with van der Waals surface area (Å²) in [6.45, 7) is 15.8. The Morgan fingerprint density at radius 2 is 0.944 bits per heavy atom. The zero-order valence-corrected chi connectivity index (χ0v) is 52.8. The van der Waals surface area contributed by atoms with E-state index in [0.29, 0.717) is 5.69 Å². The van der Waals surface area contributed by atoms with E-state index < -0.39 is 113 Å². The summed E-state index contributed by atoms with van der Waals surface area (Å²) in [7, 11) is 0. The molecule has 1 heterocycles. The highest BCUT2D eigenvalue weighted by atomic mass is 16.6. The number of carboxylic acid groups (broad SMARTS) is 1. The number of hydrogen-bond acceptors (Lipinski definition) is 11. The van der Waals surface area contributed by atoms with Crippen LogP contribution >= 0.6 is 0 Å². The van der Waals surface area contributed by atoms with E-state index in [1.807, 2.05) is 193 Å². The highest BCUT2D eigenvalue weighted by molar-refractivity contribution is 5.95. The van der Waals surface area contributed by atoms with Gasteiger partial charge in [0.15, 0.2) is 6.04 Å². The number of hydrogen-bond donors (Lipinski definition) is 7. The minimum Gasteiger partial charge on any atom is -0.480 e. The molecule has 7 aromatic rings. The van der Waals surface area contributed by atoms with Gasteiger partial charge in [-0.25, -0.2) is 14.6 Å². The molecule has 19 heteroatoms. The summed E-state index contributed by atoms with van der Waals surface area (Å²) in [5.41, 5.74) is 0.496. The first-order valence-electron chi connectivity index (χ1n) is 30.1. The molecule has 0 aliphatic heterocycles. The number of aromatic nitrogens is 2. The van der Waals surface area contributed by atoms with Crippen LogP contribution < -0.4 is 31.9 Å². The second-order valence-corrected chi connectivity index (χ2v) is 25.0. The van der Waals surface area contributed by atoms with Gasteiger partial charge in [-0.2, -0.15) is 0 Å². The van der Waals surface area contributed by atoms with Crippen LogP contribution in [0.4, 0.5) is 4.79 Å². The van der Waals surface area contributed by atoms with E-state index in [1.54, 1.807) is 68.6 Å². The molecule has 474 valence electrons. The summed E-state index contributed by atoms with van der Waals surface area (Å²) in [5.74, 6) is -5.48. The van der Waals surface area contributed by atoms with Crippen molar-refractivity contribution in [2.24, 2.45) is 0 Å². The third-order valence-electron chi connectivity index (χ3n) is 14.6. The monoisotopic (exact) mass is 1220 g/mol. The van der Waals surface area contributed by atoms with E-state index in [0.717, 1.165) is 33.4 Å². The van der Waals surface area contributed by atoms with E-state index in [2.05, 4.69) is 31.9 Å². The van der Waals surface area contributed by atoms with Gasteiger partial charge in [0, 0.05) is 19.0 Å². The Labute approximate surface area is 527 Å². The fourth-order valence-electron chi connectivity index (χ4n) is 10.7. The summed E-state index contributed by atoms with van der Waals surface area (Å²) in [4.78, 5) is 104. The Hall–Kier alpha value is -9.46. The summed E-state index contributed by atoms with van der Waals surface area (Å²) in [6.07, 6.45) is 0.639. The molecule has 6 amide bonds. The van der Waals surface area contributed by atoms with Crippen molar-refractivity contribution in [3.05, 3.63) is 234 Å². The van der Waals surface area contributed by atoms with Gasteiger partial charge in [0.2, 0.25) is 29.5 Å². The average molecular weight is 1230 g/mol. The summed E-state index contributed by atoms with van der Waals surface area (Å²) in [5, 5.41) is 26.5. The van der Waals surface area contributed by atoms with Gasteiger partial charge in [-0.3, -0.25) is 24.0 Å². The highest BCUT2D eigenvalue weighted by Crippen LogP contribution is 2.41. The standard InChI is InChI=1S/C71H84N8O11/c1-48(89-68(5,6)7)61(65(85)86)77-60(81)44-72-62(82)56(41-42-59(80)78-70(49-29-17-11-18-30-49,50-31-19-12-20-32-50)51-33-21-13-22-34-51)74-64(84)58(46-88-67(2,3)4)75-63(83)57(76-66(87)90-69(8,9)10)43-55-45-79(47-73-55)71(52-35-23-14-24-36-52,53-37-25-15-26-38-53)54-39-27-16-28-40-54/h11-40,45,47-48,56-58,61H,41-44,46H2,1-10H3,(H,72,82)(H,74,84)(H,75,83)(H,76,87)(H,77,81)(H,78,80)(H,85,86)/t48-,56+,57+,58+,61+/m1/s1. The van der Waals surface area contributed by atoms with Gasteiger partial charge >= 0.3 is 12.1 Å². The zero-order valence-electron chi connectivity index (χ0n) is 52.8. The van der Waals surface area contributed by atoms with E-state index >= 15 is 9.59 Å². The zero-order chi connectivity index (χ0) is 65.3. The molecule has 0 aliphatic carbocycles. The summed E-state index contributed by atoms with van der Waals surface area (Å²) in [6, 6.07) is 51.8. The van der Waals surface area contributed by atoms with Crippen molar-refractivity contribution >= 4 is 41.6 Å². The SMILES string of the molecule is C[C@@H](OC(C)(C)C)[C@H](NC(=O)CNC(=O)[C@H](CCC(=O)NC(c1ccccc1)(c1ccccc1)c1ccccc1)NC(=O)[C@H](COC(C)(C)C)NC(=O)[C@H](Cc1cn(C(c2ccccc2)(c2ccccc2)c2ccccc2)cn1)NC(=O)OC(C)(C)C)C(=O)O. The van der Waals surface area contributed by atoms with Gasteiger partial charge in [0.25, 0.3) is 0 Å². The second kappa shape index (κ2) is 30.2. The normalized spacial score (nSPS) is 13.7. The molecule has 5 atom stereocenters. The number of alkyl carbamates (subject to hydrolysis) is 1. The molecule has 6 aromatic carbocycles. The maximum atomic E-state index is 15.0. The number of nitrogens with zero attached hydrogens (tertiary/aromatic N) is 2. The van der Waals surface area contributed by atoms with E-state index in [9.17, 15) is 29.1 Å². The Bertz CT molecular complexity index is 3300. The molecule has 1 aromatic heterocycles. The number of carbonyl (C=O) groups excluding carboxylic acids is 6. The second-order valence-electron chi connectivity index (χ2n) is 25.0. The van der Waals surface area contributed by atoms with Crippen molar-refractivity contribution in [2.75, 3.05) is 13.2 Å². The van der Waals surface area contributed by atoms with Crippen LogP contribution in [0.1, 0.15) is 121 Å². The molecule has 19 nitrogen and oxygen atoms in total. The number of rotatable bonds is 27. The fourth-order valence-corrected chi connectivity index (χ4v) is 10.7. The first kappa shape index (κ1) is 68.0. The minimum absolute atomic E-state index is 0.205. The molecular formula is C71H84N8O11. The smallest absolute Gasteiger partial charge is 0.408 e. The summed E-state index contributed by atoms with van der Waals surface area (Å²) >= 11 is 0. The molecule has 0 bridgehead atoms. The molecule has 90 heavy (non-hydrogen) atoms. The lowest BCUT2D eigenvalue weighted by Gasteiger charge is -2.37. The fraction of sp³-hybridized carbons (Fsp3) is 0.352. The number of benzene rings is 6. The Kier molecular flexibility index (Phi) is 22.8. The third kappa shape index (κ3) is 18.3. The predicted molar refractivity (Wildman–Crippen MR) is 343 cm³/mol. The van der Waals surface area contributed by atoms with Gasteiger partial charge < -0.3 is 55.8 Å². The van der Waals surface area contributed by atoms with Crippen LogP contribution in [0.5, 0.6) is 0 Å². The van der Waals surface area contributed by atoms with Crippen LogP contribution in [0.25, 0.3) is 0 Å². The number of imidazole rings is 1. The van der Waals surface area contributed by atoms with E-state index in [4.69, 9.17) is 19.2 Å². The van der Waals surface area contributed by atoms with Crippen LogP contribution in [-0.2, 0) is 60.5 Å². The van der Waals surface area contributed by atoms with Crippen LogP contribution in [-0.4, -0.2) is 116 Å². The molecule has 7 N–H and O–H groups in total. The molecule has 0 spiro atoms. The van der Waals surface area contributed by atoms with Crippen LogP contribution in [0.2, 0.25) is 0 Å². The molecule has 0 aliphatic rings. The molecule has 0 saturated carbocycles. The maximum absolute atomic E-state index is 15.0. The Morgan fingerprint density at radius 3 is 1.37 bits per heavy atom. The van der Waals surface area contributed by atoms with Gasteiger partial charge in [0.05, 0.1) is 42.5 Å². The predicted octanol–water partition coefficient (Wildman–Crippen LogP) is 8.72.